The van der Waals surface area contributed by atoms with Gasteiger partial charge in [0.05, 0.1) is 17.1 Å². The third kappa shape index (κ3) is 4.08. The molecule has 1 heterocycles. The van der Waals surface area contributed by atoms with Crippen LogP contribution in [0.15, 0.2) is 33.7 Å². The summed E-state index contributed by atoms with van der Waals surface area (Å²) in [4.78, 5) is 12.0. The molecule has 7 nitrogen and oxygen atoms in total. The summed E-state index contributed by atoms with van der Waals surface area (Å²) in [6, 6.07) is 5.94. The third-order valence-electron chi connectivity index (χ3n) is 2.89. The molecule has 0 spiro atoms. The van der Waals surface area contributed by atoms with Gasteiger partial charge in [0.2, 0.25) is 0 Å². The fourth-order valence-corrected chi connectivity index (χ4v) is 2.73. The number of nitrogens with zero attached hydrogens (tertiary/aromatic N) is 1. The van der Waals surface area contributed by atoms with Crippen molar-refractivity contribution in [1.29, 1.82) is 0 Å². The minimum absolute atomic E-state index is 0.0746. The van der Waals surface area contributed by atoms with E-state index in [0.29, 0.717) is 11.5 Å². The number of hydrogen-bond acceptors (Lipinski definition) is 5. The number of amides is 2. The first-order chi connectivity index (χ1) is 10.3. The summed E-state index contributed by atoms with van der Waals surface area (Å²) in [5, 5.41) is 8.89. The van der Waals surface area contributed by atoms with Crippen LogP contribution >= 0.6 is 0 Å². The SMILES string of the molecule is Cc1ccc(S(C)(=O)=O)c(NC(=O)NCc2cc(C)on2)c1. The first kappa shape index (κ1) is 16.0. The van der Waals surface area contributed by atoms with Gasteiger partial charge in [-0.05, 0) is 31.5 Å². The zero-order valence-electron chi connectivity index (χ0n) is 12.5. The van der Waals surface area contributed by atoms with Crippen molar-refractivity contribution < 1.29 is 17.7 Å². The van der Waals surface area contributed by atoms with Crippen molar-refractivity contribution in [2.75, 3.05) is 11.6 Å². The third-order valence-corrected chi connectivity index (χ3v) is 4.04. The van der Waals surface area contributed by atoms with E-state index in [4.69, 9.17) is 4.52 Å². The molecule has 0 atom stereocenters. The van der Waals surface area contributed by atoms with Gasteiger partial charge in [-0.15, -0.1) is 0 Å². The highest BCUT2D eigenvalue weighted by Gasteiger charge is 2.15. The van der Waals surface area contributed by atoms with Gasteiger partial charge in [-0.1, -0.05) is 11.2 Å². The number of urea groups is 1. The molecular weight excluding hydrogens is 306 g/mol. The van der Waals surface area contributed by atoms with Gasteiger partial charge >= 0.3 is 6.03 Å². The zero-order valence-corrected chi connectivity index (χ0v) is 13.3. The molecule has 0 aliphatic carbocycles. The Labute approximate surface area is 128 Å². The molecular formula is C14H17N3O4S. The highest BCUT2D eigenvalue weighted by atomic mass is 32.2. The van der Waals surface area contributed by atoms with Crippen LogP contribution in [0.3, 0.4) is 0 Å². The lowest BCUT2D eigenvalue weighted by Gasteiger charge is -2.11. The Bertz CT molecular complexity index is 796. The first-order valence-corrected chi connectivity index (χ1v) is 8.42. The average molecular weight is 323 g/mol. The average Bonchev–Trinajstić information content (AvgIpc) is 2.81. The van der Waals surface area contributed by atoms with E-state index in [1.54, 1.807) is 25.1 Å². The van der Waals surface area contributed by atoms with E-state index < -0.39 is 15.9 Å². The van der Waals surface area contributed by atoms with Gasteiger partial charge in [0.1, 0.15) is 11.5 Å². The van der Waals surface area contributed by atoms with Gasteiger partial charge in [-0.3, -0.25) is 0 Å². The maximum atomic E-state index is 11.9. The predicted molar refractivity (Wildman–Crippen MR) is 81.4 cm³/mol. The van der Waals surface area contributed by atoms with E-state index in [1.807, 2.05) is 6.92 Å². The Hall–Kier alpha value is -2.35. The van der Waals surface area contributed by atoms with Crippen LogP contribution in [0.4, 0.5) is 10.5 Å². The van der Waals surface area contributed by atoms with Crippen LogP contribution in [0, 0.1) is 13.8 Å². The minimum atomic E-state index is -3.43. The Balaban J connectivity index is 2.09. The zero-order chi connectivity index (χ0) is 16.3. The molecule has 0 unspecified atom stereocenters. The molecule has 22 heavy (non-hydrogen) atoms. The Morgan fingerprint density at radius 3 is 2.59 bits per heavy atom. The minimum Gasteiger partial charge on any atom is -0.361 e. The molecule has 2 amide bonds. The molecule has 0 radical (unpaired) electrons. The van der Waals surface area contributed by atoms with Gasteiger partial charge in [0.15, 0.2) is 9.84 Å². The van der Waals surface area contributed by atoms with E-state index in [1.165, 1.54) is 6.07 Å². The molecule has 2 aromatic rings. The lowest BCUT2D eigenvalue weighted by atomic mass is 10.2. The number of anilines is 1. The van der Waals surface area contributed by atoms with Crippen molar-refractivity contribution >= 4 is 21.6 Å². The molecule has 0 fully saturated rings. The van der Waals surface area contributed by atoms with Crippen LogP contribution in [-0.2, 0) is 16.4 Å². The largest absolute Gasteiger partial charge is 0.361 e. The molecule has 2 rings (SSSR count). The highest BCUT2D eigenvalue weighted by molar-refractivity contribution is 7.90. The lowest BCUT2D eigenvalue weighted by Crippen LogP contribution is -2.29. The van der Waals surface area contributed by atoms with Crippen LogP contribution in [0.1, 0.15) is 17.0 Å². The van der Waals surface area contributed by atoms with Gasteiger partial charge in [0.25, 0.3) is 0 Å². The number of carbonyl (C=O) groups excluding carboxylic acids is 1. The second kappa shape index (κ2) is 6.18. The van der Waals surface area contributed by atoms with E-state index in [2.05, 4.69) is 15.8 Å². The molecule has 0 bridgehead atoms. The van der Waals surface area contributed by atoms with Crippen molar-refractivity contribution in [2.24, 2.45) is 0 Å². The summed E-state index contributed by atoms with van der Waals surface area (Å²) in [6.45, 7) is 3.75. The highest BCUT2D eigenvalue weighted by Crippen LogP contribution is 2.22. The lowest BCUT2D eigenvalue weighted by molar-refractivity contribution is 0.251. The van der Waals surface area contributed by atoms with Crippen LogP contribution in [-0.4, -0.2) is 25.9 Å². The van der Waals surface area contributed by atoms with Gasteiger partial charge < -0.3 is 15.2 Å². The molecule has 1 aromatic heterocycles. The van der Waals surface area contributed by atoms with Gasteiger partial charge in [-0.25, -0.2) is 13.2 Å². The summed E-state index contributed by atoms with van der Waals surface area (Å²) >= 11 is 0. The van der Waals surface area contributed by atoms with E-state index in [0.717, 1.165) is 11.8 Å². The number of rotatable bonds is 4. The monoisotopic (exact) mass is 323 g/mol. The molecule has 0 saturated carbocycles. The molecule has 0 aliphatic heterocycles. The Kier molecular flexibility index (Phi) is 4.51. The molecule has 8 heteroatoms. The fraction of sp³-hybridized carbons (Fsp3) is 0.286. The predicted octanol–water partition coefficient (Wildman–Crippen LogP) is 2.02. The first-order valence-electron chi connectivity index (χ1n) is 6.53. The Morgan fingerprint density at radius 1 is 1.27 bits per heavy atom. The number of benzene rings is 1. The van der Waals surface area contributed by atoms with Crippen LogP contribution in [0.2, 0.25) is 0 Å². The molecule has 0 aliphatic rings. The standard InChI is InChI=1S/C14H17N3O4S/c1-9-4-5-13(22(3,19)20)12(6-9)16-14(18)15-8-11-7-10(2)21-17-11/h4-7H,8H2,1-3H3,(H2,15,16,18). The van der Waals surface area contributed by atoms with E-state index in [-0.39, 0.29) is 17.1 Å². The summed E-state index contributed by atoms with van der Waals surface area (Å²) < 4.78 is 28.4. The number of hydrogen-bond donors (Lipinski definition) is 2. The number of aromatic nitrogens is 1. The second-order valence-electron chi connectivity index (χ2n) is 5.01. The van der Waals surface area contributed by atoms with Crippen LogP contribution in [0.5, 0.6) is 0 Å². The smallest absolute Gasteiger partial charge is 0.319 e. The van der Waals surface area contributed by atoms with Crippen molar-refractivity contribution in [1.82, 2.24) is 10.5 Å². The van der Waals surface area contributed by atoms with Crippen LogP contribution in [0.25, 0.3) is 0 Å². The topological polar surface area (TPSA) is 101 Å². The summed E-state index contributed by atoms with van der Waals surface area (Å²) in [7, 11) is -3.43. The van der Waals surface area contributed by atoms with Crippen molar-refractivity contribution in [3.05, 3.63) is 41.3 Å². The summed E-state index contributed by atoms with van der Waals surface area (Å²) in [5.74, 6) is 0.648. The molecule has 0 saturated heterocycles. The Morgan fingerprint density at radius 2 is 2.00 bits per heavy atom. The number of carbonyl (C=O) groups is 1. The number of aryl methyl sites for hydroxylation is 2. The normalized spacial score (nSPS) is 11.2. The summed E-state index contributed by atoms with van der Waals surface area (Å²) in [6.07, 6.45) is 1.10. The second-order valence-corrected chi connectivity index (χ2v) is 6.99. The quantitative estimate of drug-likeness (QED) is 0.896. The van der Waals surface area contributed by atoms with E-state index >= 15 is 0 Å². The summed E-state index contributed by atoms with van der Waals surface area (Å²) in [5.41, 5.74) is 1.67. The van der Waals surface area contributed by atoms with Gasteiger partial charge in [-0.2, -0.15) is 0 Å². The molecule has 1 aromatic carbocycles. The number of sulfone groups is 1. The van der Waals surface area contributed by atoms with Gasteiger partial charge in [0, 0.05) is 12.3 Å². The van der Waals surface area contributed by atoms with E-state index in [9.17, 15) is 13.2 Å². The maximum Gasteiger partial charge on any atom is 0.319 e. The molecule has 118 valence electrons. The van der Waals surface area contributed by atoms with Crippen molar-refractivity contribution in [3.8, 4) is 0 Å². The fourth-order valence-electron chi connectivity index (χ4n) is 1.90. The van der Waals surface area contributed by atoms with Crippen molar-refractivity contribution in [2.45, 2.75) is 25.3 Å². The van der Waals surface area contributed by atoms with Crippen LogP contribution < -0.4 is 10.6 Å². The molecule has 2 N–H and O–H groups in total. The number of nitrogens with one attached hydrogen (secondary N) is 2. The van der Waals surface area contributed by atoms with Crippen molar-refractivity contribution in [3.63, 3.8) is 0 Å². The maximum absolute atomic E-state index is 11.9.